The van der Waals surface area contributed by atoms with Gasteiger partial charge in [-0.15, -0.1) is 0 Å². The summed E-state index contributed by atoms with van der Waals surface area (Å²) in [5.74, 6) is 1.29. The van der Waals surface area contributed by atoms with E-state index in [9.17, 15) is 0 Å². The van der Waals surface area contributed by atoms with E-state index in [1.54, 1.807) is 0 Å². The van der Waals surface area contributed by atoms with Gasteiger partial charge in [0.2, 0.25) is 0 Å². The topological polar surface area (TPSA) is 24.5 Å². The molecule has 2 aliphatic heterocycles. The average molecular weight is 246 g/mol. The van der Waals surface area contributed by atoms with Crippen molar-refractivity contribution in [1.82, 2.24) is 10.2 Å². The fraction of sp³-hybridized carbons (Fsp3) is 0.600. The van der Waals surface area contributed by atoms with Crippen LogP contribution in [0.2, 0.25) is 0 Å². The molecule has 2 aliphatic rings. The number of nitrogens with zero attached hydrogens (tertiary/aromatic N) is 1. The van der Waals surface area contributed by atoms with Crippen molar-refractivity contribution >= 4 is 0 Å². The average Bonchev–Trinajstić information content (AvgIpc) is 2.39. The van der Waals surface area contributed by atoms with E-state index in [1.807, 2.05) is 7.11 Å². The number of piperidine rings is 2. The third-order valence-electron chi connectivity index (χ3n) is 4.25. The fourth-order valence-electron chi connectivity index (χ4n) is 3.50. The Balaban J connectivity index is 1.66. The molecule has 0 spiro atoms. The molecule has 2 heterocycles. The minimum atomic E-state index is 0.457. The second-order valence-corrected chi connectivity index (χ2v) is 5.56. The Kier molecular flexibility index (Phi) is 3.64. The van der Waals surface area contributed by atoms with Crippen molar-refractivity contribution in [3.05, 3.63) is 35.9 Å². The predicted octanol–water partition coefficient (Wildman–Crippen LogP) is 1.35. The van der Waals surface area contributed by atoms with Crippen LogP contribution in [0.3, 0.4) is 0 Å². The van der Waals surface area contributed by atoms with Crippen LogP contribution < -0.4 is 5.32 Å². The van der Waals surface area contributed by atoms with E-state index < -0.39 is 0 Å². The molecule has 1 aromatic rings. The molecule has 0 saturated carbocycles. The van der Waals surface area contributed by atoms with Gasteiger partial charge < -0.3 is 10.1 Å². The fourth-order valence-corrected chi connectivity index (χ4v) is 3.50. The zero-order valence-corrected chi connectivity index (χ0v) is 11.0. The van der Waals surface area contributed by atoms with Crippen LogP contribution in [0.5, 0.6) is 0 Å². The summed E-state index contributed by atoms with van der Waals surface area (Å²) in [4.78, 5) is 2.58. The van der Waals surface area contributed by atoms with Crippen LogP contribution >= 0.6 is 0 Å². The summed E-state index contributed by atoms with van der Waals surface area (Å²) in [7, 11) is 1.86. The molecule has 3 heteroatoms. The number of hydrogen-bond acceptors (Lipinski definition) is 3. The summed E-state index contributed by atoms with van der Waals surface area (Å²) in [5, 5.41) is 3.53. The van der Waals surface area contributed by atoms with Gasteiger partial charge in [0.1, 0.15) is 0 Å². The lowest BCUT2D eigenvalue weighted by atomic mass is 9.82. The molecule has 0 aromatic heterocycles. The minimum Gasteiger partial charge on any atom is -0.381 e. The van der Waals surface area contributed by atoms with Crippen molar-refractivity contribution in [3.63, 3.8) is 0 Å². The molecule has 0 aliphatic carbocycles. The molecule has 0 radical (unpaired) electrons. The predicted molar refractivity (Wildman–Crippen MR) is 72.4 cm³/mol. The maximum absolute atomic E-state index is 5.69. The number of ether oxygens (including phenoxy) is 1. The van der Waals surface area contributed by atoms with Gasteiger partial charge in [-0.05, 0) is 5.56 Å². The number of nitrogens with one attached hydrogen (secondary N) is 1. The molecular formula is C15H22N2O. The van der Waals surface area contributed by atoms with E-state index in [-0.39, 0.29) is 0 Å². The Bertz CT molecular complexity index is 367. The van der Waals surface area contributed by atoms with Crippen molar-refractivity contribution in [3.8, 4) is 0 Å². The third kappa shape index (κ3) is 2.44. The number of methoxy groups -OCH3 is 1. The minimum absolute atomic E-state index is 0.457. The number of benzene rings is 1. The SMILES string of the molecule is COC1C2CNCC1CN(Cc1ccccc1)C2. The third-order valence-corrected chi connectivity index (χ3v) is 4.25. The number of fused-ring (bicyclic) bond motifs is 2. The van der Waals surface area contributed by atoms with Gasteiger partial charge in [-0.2, -0.15) is 0 Å². The molecule has 1 aromatic carbocycles. The first-order valence-corrected chi connectivity index (χ1v) is 6.86. The Morgan fingerprint density at radius 3 is 2.44 bits per heavy atom. The van der Waals surface area contributed by atoms with Crippen LogP contribution in [0.15, 0.2) is 30.3 Å². The van der Waals surface area contributed by atoms with Crippen molar-refractivity contribution in [2.75, 3.05) is 33.3 Å². The second kappa shape index (κ2) is 5.39. The number of hydrogen-bond donors (Lipinski definition) is 1. The van der Waals surface area contributed by atoms with E-state index in [0.29, 0.717) is 17.9 Å². The highest BCUT2D eigenvalue weighted by Crippen LogP contribution is 2.28. The van der Waals surface area contributed by atoms with Crippen molar-refractivity contribution in [2.24, 2.45) is 11.8 Å². The largest absolute Gasteiger partial charge is 0.381 e. The molecule has 2 fully saturated rings. The quantitative estimate of drug-likeness (QED) is 0.871. The summed E-state index contributed by atoms with van der Waals surface area (Å²) in [6.45, 7) is 5.57. The lowest BCUT2D eigenvalue weighted by Crippen LogP contribution is -2.59. The van der Waals surface area contributed by atoms with Crippen LogP contribution in [-0.2, 0) is 11.3 Å². The molecule has 3 rings (SSSR count). The summed E-state index contributed by atoms with van der Waals surface area (Å²) in [6.07, 6.45) is 0.457. The van der Waals surface area contributed by atoms with Crippen LogP contribution in [0.1, 0.15) is 5.56 Å². The van der Waals surface area contributed by atoms with Gasteiger partial charge in [0.25, 0.3) is 0 Å². The molecule has 3 nitrogen and oxygen atoms in total. The van der Waals surface area contributed by atoms with Crippen molar-refractivity contribution in [1.29, 1.82) is 0 Å². The van der Waals surface area contributed by atoms with Crippen LogP contribution in [-0.4, -0.2) is 44.3 Å². The zero-order valence-electron chi connectivity index (χ0n) is 11.0. The Hall–Kier alpha value is -0.900. The van der Waals surface area contributed by atoms with Crippen LogP contribution in [0.4, 0.5) is 0 Å². The first kappa shape index (κ1) is 12.2. The number of likely N-dealkylation sites (tertiary alicyclic amines) is 1. The Morgan fingerprint density at radius 2 is 1.83 bits per heavy atom. The highest BCUT2D eigenvalue weighted by atomic mass is 16.5. The summed E-state index contributed by atoms with van der Waals surface area (Å²) >= 11 is 0. The summed E-state index contributed by atoms with van der Waals surface area (Å²) < 4.78 is 5.69. The lowest BCUT2D eigenvalue weighted by Gasteiger charge is -2.46. The van der Waals surface area contributed by atoms with E-state index >= 15 is 0 Å². The second-order valence-electron chi connectivity index (χ2n) is 5.56. The Morgan fingerprint density at radius 1 is 1.17 bits per heavy atom. The maximum atomic E-state index is 5.69. The smallest absolute Gasteiger partial charge is 0.0676 e. The molecule has 2 atom stereocenters. The normalized spacial score (nSPS) is 32.4. The first-order valence-electron chi connectivity index (χ1n) is 6.86. The molecule has 1 N–H and O–H groups in total. The van der Waals surface area contributed by atoms with Gasteiger partial charge in [0, 0.05) is 51.7 Å². The van der Waals surface area contributed by atoms with E-state index in [1.165, 1.54) is 5.56 Å². The van der Waals surface area contributed by atoms with Crippen LogP contribution in [0, 0.1) is 11.8 Å². The van der Waals surface area contributed by atoms with E-state index in [2.05, 4.69) is 40.5 Å². The van der Waals surface area contributed by atoms with Crippen molar-refractivity contribution in [2.45, 2.75) is 12.6 Å². The van der Waals surface area contributed by atoms with E-state index in [4.69, 9.17) is 4.74 Å². The van der Waals surface area contributed by atoms with Gasteiger partial charge in [0.05, 0.1) is 6.10 Å². The van der Waals surface area contributed by atoms with Gasteiger partial charge in [-0.3, -0.25) is 4.90 Å². The first-order chi connectivity index (χ1) is 8.86. The lowest BCUT2D eigenvalue weighted by molar-refractivity contribution is -0.0667. The molecule has 2 bridgehead atoms. The number of rotatable bonds is 3. The zero-order chi connectivity index (χ0) is 12.4. The standard InChI is InChI=1S/C15H22N2O/c1-18-15-13-7-16-8-14(15)11-17(10-13)9-12-5-3-2-4-6-12/h2-6,13-16H,7-11H2,1H3. The molecule has 2 saturated heterocycles. The van der Waals surface area contributed by atoms with Gasteiger partial charge in [-0.1, -0.05) is 30.3 Å². The summed E-state index contributed by atoms with van der Waals surface area (Å²) in [5.41, 5.74) is 1.42. The van der Waals surface area contributed by atoms with Crippen molar-refractivity contribution < 1.29 is 4.74 Å². The van der Waals surface area contributed by atoms with Gasteiger partial charge in [-0.25, -0.2) is 0 Å². The van der Waals surface area contributed by atoms with Crippen LogP contribution in [0.25, 0.3) is 0 Å². The summed E-state index contributed by atoms with van der Waals surface area (Å²) in [6, 6.07) is 10.8. The molecule has 18 heavy (non-hydrogen) atoms. The molecule has 2 unspecified atom stereocenters. The Labute approximate surface area is 109 Å². The monoisotopic (exact) mass is 246 g/mol. The maximum Gasteiger partial charge on any atom is 0.0676 e. The highest BCUT2D eigenvalue weighted by molar-refractivity contribution is 5.14. The van der Waals surface area contributed by atoms with Gasteiger partial charge >= 0.3 is 0 Å². The van der Waals surface area contributed by atoms with Gasteiger partial charge in [0.15, 0.2) is 0 Å². The van der Waals surface area contributed by atoms with E-state index in [0.717, 1.165) is 32.7 Å². The molecule has 98 valence electrons. The molecular weight excluding hydrogens is 224 g/mol. The highest BCUT2D eigenvalue weighted by Gasteiger charge is 2.39. The molecule has 0 amide bonds.